The molecule has 0 bridgehead atoms. The van der Waals surface area contributed by atoms with Crippen LogP contribution in [-0.2, 0) is 0 Å². The number of aryl methyl sites for hydroxylation is 1. The second kappa shape index (κ2) is 5.36. The summed E-state index contributed by atoms with van der Waals surface area (Å²) < 4.78 is 11.7. The Bertz CT molecular complexity index is 1140. The summed E-state index contributed by atoms with van der Waals surface area (Å²) >= 11 is 6.19. The molecule has 4 aromatic rings. The van der Waals surface area contributed by atoms with Crippen molar-refractivity contribution < 1.29 is 9.47 Å². The number of aromatic nitrogens is 3. The molecule has 0 saturated heterocycles. The first-order valence-electron chi connectivity index (χ1n) is 8.05. The minimum absolute atomic E-state index is 0.527. The number of halogens is 1. The average molecular weight is 352 g/mol. The van der Waals surface area contributed by atoms with E-state index in [1.165, 1.54) is 0 Å². The van der Waals surface area contributed by atoms with E-state index in [-0.39, 0.29) is 0 Å². The van der Waals surface area contributed by atoms with E-state index in [0.717, 1.165) is 44.6 Å². The number of benzene rings is 2. The maximum atomic E-state index is 6.19. The van der Waals surface area contributed by atoms with E-state index in [2.05, 4.69) is 10.2 Å². The summed E-state index contributed by atoms with van der Waals surface area (Å²) in [6.07, 6.45) is 0. The van der Waals surface area contributed by atoms with Crippen molar-refractivity contribution in [3.05, 3.63) is 47.1 Å². The smallest absolute Gasteiger partial charge is 0.182 e. The Morgan fingerprint density at radius 2 is 1.96 bits per heavy atom. The fourth-order valence-corrected chi connectivity index (χ4v) is 3.57. The van der Waals surface area contributed by atoms with Gasteiger partial charge in [0, 0.05) is 27.1 Å². The van der Waals surface area contributed by atoms with Gasteiger partial charge in [-0.15, -0.1) is 0 Å². The fraction of sp³-hybridized carbons (Fsp3) is 0.158. The number of fused-ring (bicyclic) bond motifs is 5. The largest absolute Gasteiger partial charge is 0.486 e. The van der Waals surface area contributed by atoms with Gasteiger partial charge in [-0.1, -0.05) is 23.7 Å². The van der Waals surface area contributed by atoms with Crippen LogP contribution in [-0.4, -0.2) is 28.4 Å². The molecule has 0 amide bonds. The van der Waals surface area contributed by atoms with Crippen LogP contribution in [0.3, 0.4) is 0 Å². The van der Waals surface area contributed by atoms with Gasteiger partial charge in [0.05, 0.1) is 11.1 Å². The molecule has 1 aliphatic rings. The minimum atomic E-state index is 0.527. The molecular formula is C19H14ClN3O2. The van der Waals surface area contributed by atoms with E-state index in [9.17, 15) is 0 Å². The van der Waals surface area contributed by atoms with Gasteiger partial charge < -0.3 is 9.47 Å². The number of pyridine rings is 1. The van der Waals surface area contributed by atoms with Gasteiger partial charge in [-0.3, -0.25) is 5.10 Å². The molecule has 0 fully saturated rings. The minimum Gasteiger partial charge on any atom is -0.486 e. The summed E-state index contributed by atoms with van der Waals surface area (Å²) in [4.78, 5) is 4.79. The van der Waals surface area contributed by atoms with Gasteiger partial charge in [0.1, 0.15) is 13.2 Å². The normalized spacial score (nSPS) is 13.5. The van der Waals surface area contributed by atoms with Crippen molar-refractivity contribution in [1.82, 2.24) is 15.2 Å². The molecule has 3 heterocycles. The Hall–Kier alpha value is -2.79. The highest BCUT2D eigenvalue weighted by Gasteiger charge is 2.22. The zero-order valence-electron chi connectivity index (χ0n) is 13.5. The van der Waals surface area contributed by atoms with Crippen molar-refractivity contribution in [2.75, 3.05) is 13.2 Å². The van der Waals surface area contributed by atoms with Crippen LogP contribution in [0, 0.1) is 6.92 Å². The number of ether oxygens (including phenoxy) is 2. The van der Waals surface area contributed by atoms with Gasteiger partial charge in [0.25, 0.3) is 0 Å². The number of nitrogens with zero attached hydrogens (tertiary/aromatic N) is 2. The Labute approximate surface area is 148 Å². The molecular weight excluding hydrogens is 338 g/mol. The lowest BCUT2D eigenvalue weighted by molar-refractivity contribution is 0.174. The van der Waals surface area contributed by atoms with Gasteiger partial charge >= 0.3 is 0 Å². The first-order chi connectivity index (χ1) is 12.2. The molecule has 0 radical (unpaired) electrons. The third-order valence-electron chi connectivity index (χ3n) is 4.46. The lowest BCUT2D eigenvalue weighted by Crippen LogP contribution is -2.15. The van der Waals surface area contributed by atoms with E-state index in [1.807, 2.05) is 43.3 Å². The lowest BCUT2D eigenvalue weighted by atomic mass is 9.99. The van der Waals surface area contributed by atoms with Crippen LogP contribution in [0.15, 0.2) is 36.4 Å². The van der Waals surface area contributed by atoms with E-state index < -0.39 is 0 Å². The van der Waals surface area contributed by atoms with Gasteiger partial charge in [-0.2, -0.15) is 5.10 Å². The SMILES string of the molecule is Cc1[nH]nc2nc(-c3cccc(Cl)c3)c3ccc4c(c3c12)OCCO4. The summed E-state index contributed by atoms with van der Waals surface area (Å²) in [6.45, 7) is 3.07. The van der Waals surface area contributed by atoms with Crippen LogP contribution in [0.2, 0.25) is 5.02 Å². The molecule has 5 nitrogen and oxygen atoms in total. The lowest BCUT2D eigenvalue weighted by Gasteiger charge is -2.21. The van der Waals surface area contributed by atoms with Crippen molar-refractivity contribution in [3.8, 4) is 22.8 Å². The summed E-state index contributed by atoms with van der Waals surface area (Å²) in [6, 6.07) is 11.6. The zero-order chi connectivity index (χ0) is 17.0. The second-order valence-electron chi connectivity index (χ2n) is 6.03. The molecule has 6 heteroatoms. The molecule has 1 N–H and O–H groups in total. The summed E-state index contributed by atoms with van der Waals surface area (Å²) in [7, 11) is 0. The summed E-state index contributed by atoms with van der Waals surface area (Å²) in [5.41, 5.74) is 3.38. The van der Waals surface area contributed by atoms with E-state index in [0.29, 0.717) is 23.9 Å². The van der Waals surface area contributed by atoms with Crippen LogP contribution in [0.1, 0.15) is 5.69 Å². The maximum absolute atomic E-state index is 6.19. The monoisotopic (exact) mass is 351 g/mol. The van der Waals surface area contributed by atoms with Crippen LogP contribution in [0.25, 0.3) is 33.1 Å². The van der Waals surface area contributed by atoms with Crippen LogP contribution >= 0.6 is 11.6 Å². The van der Waals surface area contributed by atoms with Gasteiger partial charge in [-0.05, 0) is 31.2 Å². The second-order valence-corrected chi connectivity index (χ2v) is 6.47. The molecule has 0 atom stereocenters. The van der Waals surface area contributed by atoms with Crippen molar-refractivity contribution in [2.24, 2.45) is 0 Å². The molecule has 0 aliphatic carbocycles. The Morgan fingerprint density at radius 1 is 1.08 bits per heavy atom. The molecule has 124 valence electrons. The zero-order valence-corrected chi connectivity index (χ0v) is 14.2. The van der Waals surface area contributed by atoms with Gasteiger partial charge in [0.15, 0.2) is 17.1 Å². The Balaban J connectivity index is 1.96. The topological polar surface area (TPSA) is 60.0 Å². The highest BCUT2D eigenvalue weighted by Crippen LogP contribution is 2.44. The first kappa shape index (κ1) is 14.5. The summed E-state index contributed by atoms with van der Waals surface area (Å²) in [5, 5.41) is 11.0. The summed E-state index contributed by atoms with van der Waals surface area (Å²) in [5.74, 6) is 1.51. The quantitative estimate of drug-likeness (QED) is 0.548. The Kier molecular flexibility index (Phi) is 3.12. The number of hydrogen-bond acceptors (Lipinski definition) is 4. The highest BCUT2D eigenvalue weighted by molar-refractivity contribution is 6.31. The molecule has 2 aromatic heterocycles. The molecule has 0 unspecified atom stereocenters. The van der Waals surface area contributed by atoms with E-state index >= 15 is 0 Å². The van der Waals surface area contributed by atoms with Crippen LogP contribution in [0.4, 0.5) is 0 Å². The third-order valence-corrected chi connectivity index (χ3v) is 4.69. The number of H-pyrrole nitrogens is 1. The molecule has 0 saturated carbocycles. The number of aromatic amines is 1. The molecule has 1 aliphatic heterocycles. The van der Waals surface area contributed by atoms with Gasteiger partial charge in [0.2, 0.25) is 0 Å². The molecule has 25 heavy (non-hydrogen) atoms. The predicted octanol–water partition coefficient (Wildman–Crippen LogP) is 4.51. The average Bonchev–Trinajstić information content (AvgIpc) is 3.01. The molecule has 0 spiro atoms. The predicted molar refractivity (Wildman–Crippen MR) is 97.6 cm³/mol. The number of rotatable bonds is 1. The van der Waals surface area contributed by atoms with E-state index in [4.69, 9.17) is 26.1 Å². The van der Waals surface area contributed by atoms with Crippen molar-refractivity contribution in [3.63, 3.8) is 0 Å². The third kappa shape index (κ3) is 2.16. The standard InChI is InChI=1S/C19H14ClN3O2/c1-10-15-16-13(5-6-14-18(16)25-8-7-24-14)17(21-19(15)23-22-10)11-3-2-4-12(20)9-11/h2-6,9H,7-8H2,1H3,(H,21,22,23). The highest BCUT2D eigenvalue weighted by atomic mass is 35.5. The maximum Gasteiger partial charge on any atom is 0.182 e. The first-order valence-corrected chi connectivity index (χ1v) is 8.43. The van der Waals surface area contributed by atoms with Gasteiger partial charge in [-0.25, -0.2) is 4.98 Å². The Morgan fingerprint density at radius 3 is 2.84 bits per heavy atom. The number of nitrogens with one attached hydrogen (secondary N) is 1. The molecule has 5 rings (SSSR count). The van der Waals surface area contributed by atoms with Crippen molar-refractivity contribution in [2.45, 2.75) is 6.92 Å². The fourth-order valence-electron chi connectivity index (χ4n) is 3.38. The van der Waals surface area contributed by atoms with Crippen molar-refractivity contribution in [1.29, 1.82) is 0 Å². The van der Waals surface area contributed by atoms with E-state index in [1.54, 1.807) is 0 Å². The number of hydrogen-bond donors (Lipinski definition) is 1. The van der Waals surface area contributed by atoms with Crippen molar-refractivity contribution >= 4 is 33.4 Å². The molecule has 2 aromatic carbocycles. The van der Waals surface area contributed by atoms with Crippen LogP contribution in [0.5, 0.6) is 11.5 Å². The van der Waals surface area contributed by atoms with Crippen LogP contribution < -0.4 is 9.47 Å².